The highest BCUT2D eigenvalue weighted by Gasteiger charge is 2.25. The third-order valence-corrected chi connectivity index (χ3v) is 3.05. The Kier molecular flexibility index (Phi) is 3.99. The number of hydrogen-bond donors (Lipinski definition) is 1. The van der Waals surface area contributed by atoms with E-state index in [-0.39, 0.29) is 0 Å². The molecule has 0 bridgehead atoms. The molecule has 0 aromatic rings. The molecule has 1 saturated carbocycles. The van der Waals surface area contributed by atoms with Crippen LogP contribution in [-0.4, -0.2) is 12.7 Å². The fraction of sp³-hybridized carbons (Fsp3) is 1.00. The van der Waals surface area contributed by atoms with Crippen LogP contribution in [0.4, 0.5) is 4.39 Å². The van der Waals surface area contributed by atoms with Crippen molar-refractivity contribution in [1.29, 1.82) is 0 Å². The molecule has 3 unspecified atom stereocenters. The molecule has 2 heteroatoms. The van der Waals surface area contributed by atoms with E-state index in [1.54, 1.807) is 6.92 Å². The molecule has 0 radical (unpaired) electrons. The molecule has 0 amide bonds. The molecule has 1 aliphatic rings. The molecular weight excluding hydrogens is 153 g/mol. The SMILES string of the molecule is CC(F)C1CCCC(CCN)C1. The fourth-order valence-electron chi connectivity index (χ4n) is 2.25. The Bertz CT molecular complexity index is 123. The van der Waals surface area contributed by atoms with Crippen molar-refractivity contribution in [2.45, 2.75) is 45.2 Å². The molecule has 1 aliphatic carbocycles. The van der Waals surface area contributed by atoms with Crippen molar-refractivity contribution < 1.29 is 4.39 Å². The van der Waals surface area contributed by atoms with E-state index >= 15 is 0 Å². The van der Waals surface area contributed by atoms with Gasteiger partial charge < -0.3 is 5.73 Å². The van der Waals surface area contributed by atoms with Crippen LogP contribution in [-0.2, 0) is 0 Å². The van der Waals surface area contributed by atoms with Gasteiger partial charge >= 0.3 is 0 Å². The maximum Gasteiger partial charge on any atom is 0.100 e. The zero-order chi connectivity index (χ0) is 8.97. The summed E-state index contributed by atoms with van der Waals surface area (Å²) in [7, 11) is 0. The Morgan fingerprint density at radius 2 is 2.25 bits per heavy atom. The lowest BCUT2D eigenvalue weighted by molar-refractivity contribution is 0.158. The molecule has 0 heterocycles. The van der Waals surface area contributed by atoms with Crippen molar-refractivity contribution in [2.75, 3.05) is 6.54 Å². The second-order valence-electron chi connectivity index (χ2n) is 4.05. The summed E-state index contributed by atoms with van der Waals surface area (Å²) in [5.74, 6) is 1.02. The van der Waals surface area contributed by atoms with Crippen LogP contribution in [0.1, 0.15) is 39.0 Å². The number of rotatable bonds is 3. The first kappa shape index (κ1) is 9.97. The van der Waals surface area contributed by atoms with Crippen LogP contribution in [0.3, 0.4) is 0 Å². The summed E-state index contributed by atoms with van der Waals surface area (Å²) in [6.07, 6.45) is 5.08. The first-order valence-electron chi connectivity index (χ1n) is 5.08. The molecule has 1 nitrogen and oxygen atoms in total. The monoisotopic (exact) mass is 173 g/mol. The molecular formula is C10H20FN. The number of nitrogens with two attached hydrogens (primary N) is 1. The fourth-order valence-corrected chi connectivity index (χ4v) is 2.25. The minimum absolute atomic E-state index is 0.315. The van der Waals surface area contributed by atoms with E-state index in [1.807, 2.05) is 0 Å². The van der Waals surface area contributed by atoms with Crippen molar-refractivity contribution in [3.05, 3.63) is 0 Å². The van der Waals surface area contributed by atoms with Gasteiger partial charge in [0.25, 0.3) is 0 Å². The molecule has 3 atom stereocenters. The first-order valence-corrected chi connectivity index (χ1v) is 5.08. The van der Waals surface area contributed by atoms with Gasteiger partial charge in [0.2, 0.25) is 0 Å². The molecule has 1 fully saturated rings. The minimum atomic E-state index is -0.620. The molecule has 0 aromatic carbocycles. The summed E-state index contributed by atoms with van der Waals surface area (Å²) in [5.41, 5.74) is 5.49. The van der Waals surface area contributed by atoms with Gasteiger partial charge in [-0.1, -0.05) is 12.8 Å². The maximum absolute atomic E-state index is 13.0. The second kappa shape index (κ2) is 4.80. The number of alkyl halides is 1. The Hall–Kier alpha value is -0.110. The zero-order valence-electron chi connectivity index (χ0n) is 7.93. The van der Waals surface area contributed by atoms with Crippen LogP contribution in [0.15, 0.2) is 0 Å². The van der Waals surface area contributed by atoms with E-state index < -0.39 is 6.17 Å². The molecule has 0 spiro atoms. The molecule has 0 aliphatic heterocycles. The van der Waals surface area contributed by atoms with Crippen molar-refractivity contribution in [1.82, 2.24) is 0 Å². The third-order valence-electron chi connectivity index (χ3n) is 3.05. The highest BCUT2D eigenvalue weighted by Crippen LogP contribution is 2.33. The van der Waals surface area contributed by atoms with E-state index in [9.17, 15) is 4.39 Å². The predicted octanol–water partition coefficient (Wildman–Crippen LogP) is 2.50. The van der Waals surface area contributed by atoms with Gasteiger partial charge in [-0.15, -0.1) is 0 Å². The molecule has 0 saturated heterocycles. The summed E-state index contributed by atoms with van der Waals surface area (Å²) in [6, 6.07) is 0. The van der Waals surface area contributed by atoms with Crippen molar-refractivity contribution >= 4 is 0 Å². The number of halogens is 1. The average Bonchev–Trinajstić information content (AvgIpc) is 2.05. The molecule has 72 valence electrons. The Morgan fingerprint density at radius 3 is 2.83 bits per heavy atom. The van der Waals surface area contributed by atoms with Crippen LogP contribution in [0.2, 0.25) is 0 Å². The average molecular weight is 173 g/mol. The second-order valence-corrected chi connectivity index (χ2v) is 4.05. The largest absolute Gasteiger partial charge is 0.330 e. The van der Waals surface area contributed by atoms with Gasteiger partial charge in [-0.2, -0.15) is 0 Å². The topological polar surface area (TPSA) is 26.0 Å². The standard InChI is InChI=1S/C10H20FN/c1-8(11)10-4-2-3-9(7-10)5-6-12/h8-10H,2-7,12H2,1H3. The van der Waals surface area contributed by atoms with Gasteiger partial charge in [0, 0.05) is 0 Å². The summed E-state index contributed by atoms with van der Waals surface area (Å²) in [6.45, 7) is 2.45. The quantitative estimate of drug-likeness (QED) is 0.697. The van der Waals surface area contributed by atoms with Crippen LogP contribution >= 0.6 is 0 Å². The summed E-state index contributed by atoms with van der Waals surface area (Å²) >= 11 is 0. The summed E-state index contributed by atoms with van der Waals surface area (Å²) in [4.78, 5) is 0. The lowest BCUT2D eigenvalue weighted by Gasteiger charge is -2.29. The summed E-state index contributed by atoms with van der Waals surface area (Å²) < 4.78 is 13.0. The van der Waals surface area contributed by atoms with Gasteiger partial charge in [-0.25, -0.2) is 4.39 Å². The van der Waals surface area contributed by atoms with E-state index in [0.717, 1.165) is 25.8 Å². The van der Waals surface area contributed by atoms with Gasteiger partial charge in [-0.3, -0.25) is 0 Å². The van der Waals surface area contributed by atoms with E-state index in [4.69, 9.17) is 5.73 Å². The van der Waals surface area contributed by atoms with Gasteiger partial charge in [-0.05, 0) is 44.6 Å². The van der Waals surface area contributed by atoms with Gasteiger partial charge in [0.05, 0.1) is 0 Å². The highest BCUT2D eigenvalue weighted by atomic mass is 19.1. The van der Waals surface area contributed by atoms with Crippen molar-refractivity contribution in [3.63, 3.8) is 0 Å². The summed E-state index contributed by atoms with van der Waals surface area (Å²) in [5, 5.41) is 0. The predicted molar refractivity (Wildman–Crippen MR) is 49.7 cm³/mol. The maximum atomic E-state index is 13.0. The van der Waals surface area contributed by atoms with Crippen molar-refractivity contribution in [3.8, 4) is 0 Å². The molecule has 0 aromatic heterocycles. The smallest absolute Gasteiger partial charge is 0.100 e. The Morgan fingerprint density at radius 1 is 1.50 bits per heavy atom. The highest BCUT2D eigenvalue weighted by molar-refractivity contribution is 4.76. The lowest BCUT2D eigenvalue weighted by Crippen LogP contribution is -2.23. The van der Waals surface area contributed by atoms with Crippen LogP contribution in [0.5, 0.6) is 0 Å². The molecule has 12 heavy (non-hydrogen) atoms. The Labute approximate surface area is 74.5 Å². The van der Waals surface area contributed by atoms with Crippen LogP contribution in [0, 0.1) is 11.8 Å². The Balaban J connectivity index is 2.30. The third kappa shape index (κ3) is 2.74. The normalized spacial score (nSPS) is 33.2. The minimum Gasteiger partial charge on any atom is -0.330 e. The van der Waals surface area contributed by atoms with Crippen molar-refractivity contribution in [2.24, 2.45) is 17.6 Å². The van der Waals surface area contributed by atoms with Gasteiger partial charge in [0.15, 0.2) is 0 Å². The van der Waals surface area contributed by atoms with Gasteiger partial charge in [0.1, 0.15) is 6.17 Å². The van der Waals surface area contributed by atoms with E-state index in [2.05, 4.69) is 0 Å². The number of hydrogen-bond acceptors (Lipinski definition) is 1. The van der Waals surface area contributed by atoms with Crippen LogP contribution in [0.25, 0.3) is 0 Å². The van der Waals surface area contributed by atoms with Crippen LogP contribution < -0.4 is 5.73 Å². The first-order chi connectivity index (χ1) is 5.74. The van der Waals surface area contributed by atoms with E-state index in [0.29, 0.717) is 11.8 Å². The zero-order valence-corrected chi connectivity index (χ0v) is 7.93. The lowest BCUT2D eigenvalue weighted by atomic mass is 9.78. The molecule has 1 rings (SSSR count). The molecule has 2 N–H and O–H groups in total. The van der Waals surface area contributed by atoms with E-state index in [1.165, 1.54) is 12.8 Å².